The van der Waals surface area contributed by atoms with Gasteiger partial charge in [0.2, 0.25) is 5.91 Å². The standard InChI is InChI=1S/C30H32F2N6O/c1-16-9-20(12-26(33)30(16)36-17(2)39)23-7-8-34-14-21(23)13-28-35-15-22-5-6-27(37-38(22)28)29-24(31)10-19(11-25(29)32)18-3-4-18/h5-8,10-11,14-16,18,20,26,30H,3-4,9,12-13,33H2,1-2H3,(H,36,39)/t16-,20+,26+,30-/m0/s1. The topological polar surface area (TPSA) is 98.2 Å². The number of imidazole rings is 1. The number of nitrogens with one attached hydrogen (secondary N) is 1. The number of halogens is 2. The summed E-state index contributed by atoms with van der Waals surface area (Å²) >= 11 is 0. The molecule has 1 aromatic carbocycles. The third-order valence-electron chi connectivity index (χ3n) is 8.21. The second-order valence-corrected chi connectivity index (χ2v) is 11.2. The highest BCUT2D eigenvalue weighted by Crippen LogP contribution is 2.42. The Balaban J connectivity index is 1.30. The van der Waals surface area contributed by atoms with E-state index in [9.17, 15) is 4.79 Å². The van der Waals surface area contributed by atoms with Gasteiger partial charge in [0.25, 0.3) is 0 Å². The number of benzene rings is 1. The smallest absolute Gasteiger partial charge is 0.217 e. The number of nitrogens with two attached hydrogens (primary N) is 1. The Labute approximate surface area is 225 Å². The number of fused-ring (bicyclic) bond motifs is 1. The molecule has 3 heterocycles. The highest BCUT2D eigenvalue weighted by Gasteiger charge is 2.35. The van der Waals surface area contributed by atoms with E-state index in [1.165, 1.54) is 19.1 Å². The van der Waals surface area contributed by atoms with E-state index in [0.717, 1.165) is 42.3 Å². The first-order valence-electron chi connectivity index (χ1n) is 13.6. The number of hydrogen-bond acceptors (Lipinski definition) is 5. The van der Waals surface area contributed by atoms with Crippen LogP contribution in [-0.4, -0.2) is 37.6 Å². The number of rotatable bonds is 6. The van der Waals surface area contributed by atoms with Crippen LogP contribution in [0.2, 0.25) is 0 Å². The average Bonchev–Trinajstić information content (AvgIpc) is 3.68. The minimum absolute atomic E-state index is 0.0537. The number of nitrogens with zero attached hydrogens (tertiary/aromatic N) is 4. The maximum atomic E-state index is 15.0. The molecule has 0 aliphatic heterocycles. The maximum absolute atomic E-state index is 15.0. The molecule has 0 radical (unpaired) electrons. The fourth-order valence-corrected chi connectivity index (χ4v) is 6.16. The van der Waals surface area contributed by atoms with E-state index in [2.05, 4.69) is 27.3 Å². The van der Waals surface area contributed by atoms with Crippen LogP contribution in [0, 0.1) is 17.6 Å². The number of pyridine rings is 1. The van der Waals surface area contributed by atoms with Crippen LogP contribution in [0.25, 0.3) is 16.8 Å². The van der Waals surface area contributed by atoms with Gasteiger partial charge in [0.1, 0.15) is 17.5 Å². The van der Waals surface area contributed by atoms with E-state index < -0.39 is 11.6 Å². The van der Waals surface area contributed by atoms with Crippen molar-refractivity contribution in [3.05, 3.63) is 83.1 Å². The third kappa shape index (κ3) is 5.03. The monoisotopic (exact) mass is 530 g/mol. The summed E-state index contributed by atoms with van der Waals surface area (Å²) in [4.78, 5) is 20.6. The summed E-state index contributed by atoms with van der Waals surface area (Å²) < 4.78 is 31.7. The quantitative estimate of drug-likeness (QED) is 0.370. The van der Waals surface area contributed by atoms with Gasteiger partial charge in [-0.15, -0.1) is 0 Å². The largest absolute Gasteiger partial charge is 0.352 e. The van der Waals surface area contributed by atoms with Crippen LogP contribution in [0.4, 0.5) is 8.78 Å². The zero-order valence-corrected chi connectivity index (χ0v) is 22.1. The Hall–Kier alpha value is -3.72. The van der Waals surface area contributed by atoms with Crippen LogP contribution in [0.5, 0.6) is 0 Å². The molecule has 2 aliphatic rings. The van der Waals surface area contributed by atoms with E-state index >= 15 is 8.78 Å². The summed E-state index contributed by atoms with van der Waals surface area (Å²) in [7, 11) is 0. The Kier molecular flexibility index (Phi) is 6.62. The molecule has 3 N–H and O–H groups in total. The Morgan fingerprint density at radius 2 is 1.87 bits per heavy atom. The first-order chi connectivity index (χ1) is 18.8. The van der Waals surface area contributed by atoms with E-state index in [0.29, 0.717) is 17.8 Å². The summed E-state index contributed by atoms with van der Waals surface area (Å²) in [5.74, 6) is 0.0750. The zero-order chi connectivity index (χ0) is 27.3. The normalized spacial score (nSPS) is 23.2. The number of carbonyl (C=O) groups is 1. The van der Waals surface area contributed by atoms with Gasteiger partial charge < -0.3 is 11.1 Å². The highest BCUT2D eigenvalue weighted by molar-refractivity contribution is 5.73. The molecule has 4 aromatic rings. The summed E-state index contributed by atoms with van der Waals surface area (Å²) in [6, 6.07) is 8.10. The second-order valence-electron chi connectivity index (χ2n) is 11.2. The molecule has 1 amide bonds. The van der Waals surface area contributed by atoms with Crippen molar-refractivity contribution < 1.29 is 13.6 Å². The third-order valence-corrected chi connectivity index (χ3v) is 8.21. The lowest BCUT2D eigenvalue weighted by atomic mass is 9.72. The molecular weight excluding hydrogens is 498 g/mol. The van der Waals surface area contributed by atoms with Crippen LogP contribution in [-0.2, 0) is 11.2 Å². The van der Waals surface area contributed by atoms with Crippen LogP contribution < -0.4 is 11.1 Å². The van der Waals surface area contributed by atoms with Gasteiger partial charge in [-0.25, -0.2) is 18.3 Å². The van der Waals surface area contributed by atoms with E-state index in [1.54, 1.807) is 29.0 Å². The number of hydrogen-bond donors (Lipinski definition) is 2. The summed E-state index contributed by atoms with van der Waals surface area (Å²) in [5, 5.41) is 7.62. The Morgan fingerprint density at radius 1 is 1.10 bits per heavy atom. The van der Waals surface area contributed by atoms with E-state index in [1.807, 2.05) is 12.3 Å². The van der Waals surface area contributed by atoms with Gasteiger partial charge in [-0.05, 0) is 90.5 Å². The molecule has 39 heavy (non-hydrogen) atoms. The van der Waals surface area contributed by atoms with Gasteiger partial charge in [0, 0.05) is 37.8 Å². The molecule has 202 valence electrons. The zero-order valence-electron chi connectivity index (χ0n) is 22.1. The van der Waals surface area contributed by atoms with Crippen molar-refractivity contribution in [3.63, 3.8) is 0 Å². The van der Waals surface area contributed by atoms with Gasteiger partial charge in [-0.2, -0.15) is 5.10 Å². The van der Waals surface area contributed by atoms with Gasteiger partial charge in [0.15, 0.2) is 0 Å². The molecular formula is C30H32F2N6O. The fraction of sp³-hybridized carbons (Fsp3) is 0.400. The minimum Gasteiger partial charge on any atom is -0.352 e. The predicted molar refractivity (Wildman–Crippen MR) is 144 cm³/mol. The van der Waals surface area contributed by atoms with Crippen LogP contribution in [0.1, 0.15) is 73.9 Å². The number of aromatic nitrogens is 4. The second kappa shape index (κ2) is 10.1. The predicted octanol–water partition coefficient (Wildman–Crippen LogP) is 4.88. The molecule has 0 saturated heterocycles. The van der Waals surface area contributed by atoms with Crippen molar-refractivity contribution in [1.29, 1.82) is 0 Å². The molecule has 0 unspecified atom stereocenters. The summed E-state index contributed by atoms with van der Waals surface area (Å²) in [6.07, 6.45) is 9.36. The number of carbonyl (C=O) groups excluding carboxylic acids is 1. The van der Waals surface area contributed by atoms with E-state index in [4.69, 9.17) is 5.73 Å². The fourth-order valence-electron chi connectivity index (χ4n) is 6.16. The van der Waals surface area contributed by atoms with Gasteiger partial charge in [-0.3, -0.25) is 9.78 Å². The molecule has 2 fully saturated rings. The van der Waals surface area contributed by atoms with Crippen LogP contribution >= 0.6 is 0 Å². The lowest BCUT2D eigenvalue weighted by molar-refractivity contribution is -0.120. The summed E-state index contributed by atoms with van der Waals surface area (Å²) in [5.41, 5.74) is 10.2. The van der Waals surface area contributed by atoms with Crippen LogP contribution in [0.15, 0.2) is 48.9 Å². The molecule has 0 bridgehead atoms. The Bertz CT molecular complexity index is 1510. The average molecular weight is 531 g/mol. The SMILES string of the molecule is CC(=O)N[C@@H]1[C@H](N)C[C@H](c2ccncc2Cc2ncc3ccc(-c4c(F)cc(C5CC5)cc4F)nn23)C[C@@H]1C. The van der Waals surface area contributed by atoms with Gasteiger partial charge in [0.05, 0.1) is 23.0 Å². The van der Waals surface area contributed by atoms with Crippen molar-refractivity contribution in [1.82, 2.24) is 24.9 Å². The highest BCUT2D eigenvalue weighted by atomic mass is 19.1. The first-order valence-corrected chi connectivity index (χ1v) is 13.6. The molecule has 3 aromatic heterocycles. The first kappa shape index (κ1) is 25.6. The van der Waals surface area contributed by atoms with Crippen molar-refractivity contribution in [2.45, 2.75) is 69.9 Å². The summed E-state index contributed by atoms with van der Waals surface area (Å²) in [6.45, 7) is 3.64. The van der Waals surface area contributed by atoms with Crippen LogP contribution in [0.3, 0.4) is 0 Å². The lowest BCUT2D eigenvalue weighted by Gasteiger charge is -2.39. The molecule has 2 saturated carbocycles. The Morgan fingerprint density at radius 3 is 2.56 bits per heavy atom. The van der Waals surface area contributed by atoms with Crippen molar-refractivity contribution in [3.8, 4) is 11.3 Å². The molecule has 0 spiro atoms. The van der Waals surface area contributed by atoms with Crippen molar-refractivity contribution in [2.24, 2.45) is 11.7 Å². The number of amides is 1. The lowest BCUT2D eigenvalue weighted by Crippen LogP contribution is -2.54. The molecule has 9 heteroatoms. The maximum Gasteiger partial charge on any atom is 0.217 e. The molecule has 2 aliphatic carbocycles. The van der Waals surface area contributed by atoms with Gasteiger partial charge >= 0.3 is 0 Å². The minimum atomic E-state index is -0.597. The molecule has 7 nitrogen and oxygen atoms in total. The van der Waals surface area contributed by atoms with Crippen molar-refractivity contribution >= 4 is 11.4 Å². The van der Waals surface area contributed by atoms with Crippen molar-refractivity contribution in [2.75, 3.05) is 0 Å². The van der Waals surface area contributed by atoms with E-state index in [-0.39, 0.29) is 47.0 Å². The molecule has 6 rings (SSSR count). The molecule has 4 atom stereocenters. The van der Waals surface area contributed by atoms with Gasteiger partial charge in [-0.1, -0.05) is 6.92 Å².